The lowest BCUT2D eigenvalue weighted by Crippen LogP contribution is -2.57. The standard InChI is InChI=1S/2C28H50O/c2*1-18(2)19(3)10-11-20(4)23-14-15-24-22-13-12-21-8-7-9-26(29)28(21,6)25(22)16-17-27(23,24)5/h2*18-26,29H,7-17H2,1-6H3/t2*19-,20+,21+,22+,23+,24-,25-,26?,27+,28-/m00/s1. The van der Waals surface area contributed by atoms with E-state index < -0.39 is 0 Å². The summed E-state index contributed by atoms with van der Waals surface area (Å²) in [6, 6.07) is 0. The van der Waals surface area contributed by atoms with Gasteiger partial charge in [0.05, 0.1) is 12.2 Å². The lowest BCUT2D eigenvalue weighted by atomic mass is 9.44. The molecule has 8 saturated carbocycles. The van der Waals surface area contributed by atoms with Crippen molar-refractivity contribution in [2.24, 2.45) is 116 Å². The maximum absolute atomic E-state index is 11.1. The minimum atomic E-state index is -0.0351. The maximum atomic E-state index is 11.1. The third kappa shape index (κ3) is 7.92. The van der Waals surface area contributed by atoms with Crippen molar-refractivity contribution in [1.82, 2.24) is 0 Å². The first-order chi connectivity index (χ1) is 27.4. The van der Waals surface area contributed by atoms with E-state index in [-0.39, 0.29) is 23.0 Å². The topological polar surface area (TPSA) is 40.5 Å². The van der Waals surface area contributed by atoms with Gasteiger partial charge in [0, 0.05) is 0 Å². The van der Waals surface area contributed by atoms with E-state index in [0.717, 1.165) is 108 Å². The Hall–Kier alpha value is -0.0800. The van der Waals surface area contributed by atoms with Gasteiger partial charge in [-0.05, 0) is 219 Å². The Bertz CT molecular complexity index is 1240. The SMILES string of the molecule is CC(C)[C@@H](C)CC[C@@H](C)[C@H]1CC[C@H]2[C@H]3CC[C@H]4CCCC(O)[C@]4(C)[C@H]3CC[C@]12C.CC(C)[C@@H](C)CC[C@@H](C)[C@H]1CC[C@H]2[C@H]3CC[C@H]4CCCC(O)[C@]4(C)[C@H]3CC[C@]12C. The second-order valence-corrected chi connectivity index (χ2v) is 25.9. The summed E-state index contributed by atoms with van der Waals surface area (Å²) in [5.41, 5.74) is 1.59. The first-order valence-electron chi connectivity index (χ1n) is 26.7. The maximum Gasteiger partial charge on any atom is 0.0599 e. The van der Waals surface area contributed by atoms with Gasteiger partial charge < -0.3 is 10.2 Å². The largest absolute Gasteiger partial charge is 0.393 e. The molecule has 0 heterocycles. The minimum absolute atomic E-state index is 0.0351. The van der Waals surface area contributed by atoms with Crippen LogP contribution < -0.4 is 0 Å². The summed E-state index contributed by atoms with van der Waals surface area (Å²) >= 11 is 0. The summed E-state index contributed by atoms with van der Waals surface area (Å²) in [5.74, 6) is 13.9. The molecule has 8 rings (SSSR count). The zero-order valence-corrected chi connectivity index (χ0v) is 40.8. The molecule has 0 radical (unpaired) electrons. The smallest absolute Gasteiger partial charge is 0.0599 e. The number of rotatable bonds is 10. The van der Waals surface area contributed by atoms with Crippen molar-refractivity contribution >= 4 is 0 Å². The van der Waals surface area contributed by atoms with Crippen molar-refractivity contribution in [2.75, 3.05) is 0 Å². The Morgan fingerprint density at radius 3 is 1.16 bits per heavy atom. The third-order valence-electron chi connectivity index (χ3n) is 23.4. The Morgan fingerprint density at radius 2 is 0.793 bits per heavy atom. The second-order valence-electron chi connectivity index (χ2n) is 25.9. The monoisotopic (exact) mass is 805 g/mol. The Balaban J connectivity index is 0.000000177. The second kappa shape index (κ2) is 17.8. The van der Waals surface area contributed by atoms with Gasteiger partial charge >= 0.3 is 0 Å². The molecule has 8 aliphatic rings. The molecule has 0 aromatic rings. The van der Waals surface area contributed by atoms with Crippen LogP contribution in [0.2, 0.25) is 0 Å². The molecule has 20 atom stereocenters. The van der Waals surface area contributed by atoms with E-state index in [1.807, 2.05) is 0 Å². The molecule has 0 saturated heterocycles. The van der Waals surface area contributed by atoms with Crippen LogP contribution in [0.4, 0.5) is 0 Å². The quantitative estimate of drug-likeness (QED) is 0.231. The van der Waals surface area contributed by atoms with Crippen molar-refractivity contribution in [3.63, 3.8) is 0 Å². The highest BCUT2D eigenvalue weighted by Gasteiger charge is 2.63. The number of fused-ring (bicyclic) bond motifs is 10. The fraction of sp³-hybridized carbons (Fsp3) is 1.00. The van der Waals surface area contributed by atoms with Crippen LogP contribution in [0.3, 0.4) is 0 Å². The van der Waals surface area contributed by atoms with Crippen molar-refractivity contribution in [1.29, 1.82) is 0 Å². The summed E-state index contributed by atoms with van der Waals surface area (Å²) in [4.78, 5) is 0. The normalized spacial score (nSPS) is 49.2. The van der Waals surface area contributed by atoms with E-state index in [2.05, 4.69) is 83.1 Å². The molecule has 0 bridgehead atoms. The minimum Gasteiger partial charge on any atom is -0.393 e. The van der Waals surface area contributed by atoms with Gasteiger partial charge in [0.15, 0.2) is 0 Å². The lowest BCUT2D eigenvalue weighted by Gasteiger charge is -2.62. The van der Waals surface area contributed by atoms with Gasteiger partial charge in [-0.3, -0.25) is 0 Å². The molecular weight excluding hydrogens is 705 g/mol. The number of hydrogen-bond donors (Lipinski definition) is 2. The third-order valence-corrected chi connectivity index (χ3v) is 23.4. The zero-order chi connectivity index (χ0) is 41.9. The van der Waals surface area contributed by atoms with Gasteiger partial charge in [0.2, 0.25) is 0 Å². The van der Waals surface area contributed by atoms with E-state index in [9.17, 15) is 10.2 Å². The van der Waals surface area contributed by atoms with Crippen LogP contribution in [-0.4, -0.2) is 22.4 Å². The first-order valence-corrected chi connectivity index (χ1v) is 26.7. The van der Waals surface area contributed by atoms with Crippen LogP contribution in [0.15, 0.2) is 0 Å². The van der Waals surface area contributed by atoms with Gasteiger partial charge in [-0.25, -0.2) is 0 Å². The van der Waals surface area contributed by atoms with Crippen LogP contribution in [0.25, 0.3) is 0 Å². The fourth-order valence-electron chi connectivity index (χ4n) is 18.7. The van der Waals surface area contributed by atoms with Gasteiger partial charge in [0.1, 0.15) is 0 Å². The van der Waals surface area contributed by atoms with Gasteiger partial charge in [-0.1, -0.05) is 122 Å². The molecule has 8 fully saturated rings. The fourth-order valence-corrected chi connectivity index (χ4v) is 18.7. The number of aliphatic hydroxyl groups is 2. The average Bonchev–Trinajstić information content (AvgIpc) is 3.74. The highest BCUT2D eigenvalue weighted by molar-refractivity contribution is 5.12. The molecule has 0 aromatic heterocycles. The molecule has 0 spiro atoms. The van der Waals surface area contributed by atoms with E-state index in [0.29, 0.717) is 10.8 Å². The van der Waals surface area contributed by atoms with Crippen molar-refractivity contribution in [3.05, 3.63) is 0 Å². The molecule has 8 aliphatic carbocycles. The van der Waals surface area contributed by atoms with Crippen molar-refractivity contribution in [2.45, 2.75) is 237 Å². The van der Waals surface area contributed by atoms with Gasteiger partial charge in [0.25, 0.3) is 0 Å². The van der Waals surface area contributed by atoms with Gasteiger partial charge in [-0.2, -0.15) is 0 Å². The number of hydrogen-bond acceptors (Lipinski definition) is 2. The molecule has 2 N–H and O–H groups in total. The Morgan fingerprint density at radius 1 is 0.414 bits per heavy atom. The molecule has 2 unspecified atom stereocenters. The molecule has 2 heteroatoms. The molecular formula is C56H100O2. The van der Waals surface area contributed by atoms with E-state index in [1.54, 1.807) is 0 Å². The molecule has 0 aliphatic heterocycles. The Labute approximate surface area is 361 Å². The average molecular weight is 805 g/mol. The summed E-state index contributed by atoms with van der Waals surface area (Å²) in [5, 5.41) is 22.2. The van der Waals surface area contributed by atoms with Crippen LogP contribution in [0.1, 0.15) is 224 Å². The molecule has 2 nitrogen and oxygen atoms in total. The van der Waals surface area contributed by atoms with Crippen LogP contribution in [0, 0.1) is 116 Å². The van der Waals surface area contributed by atoms with Gasteiger partial charge in [-0.15, -0.1) is 0 Å². The molecule has 58 heavy (non-hydrogen) atoms. The predicted octanol–water partition coefficient (Wildman–Crippen LogP) is 15.4. The van der Waals surface area contributed by atoms with Crippen LogP contribution in [0.5, 0.6) is 0 Å². The highest BCUT2D eigenvalue weighted by atomic mass is 16.3. The Kier molecular flexibility index (Phi) is 14.1. The number of aliphatic hydroxyl groups excluding tert-OH is 2. The lowest BCUT2D eigenvalue weighted by molar-refractivity contribution is -0.164. The van der Waals surface area contributed by atoms with Crippen LogP contribution >= 0.6 is 0 Å². The molecule has 0 aromatic carbocycles. The molecule has 336 valence electrons. The first kappa shape index (κ1) is 45.9. The van der Waals surface area contributed by atoms with E-state index in [4.69, 9.17) is 0 Å². The molecule has 0 amide bonds. The summed E-state index contributed by atoms with van der Waals surface area (Å²) in [7, 11) is 0. The summed E-state index contributed by atoms with van der Waals surface area (Å²) in [6.07, 6.45) is 30.3. The highest BCUT2D eigenvalue weighted by Crippen LogP contribution is 2.70. The van der Waals surface area contributed by atoms with E-state index in [1.165, 1.54) is 128 Å². The van der Waals surface area contributed by atoms with Crippen molar-refractivity contribution in [3.8, 4) is 0 Å². The summed E-state index contributed by atoms with van der Waals surface area (Å²) < 4.78 is 0. The van der Waals surface area contributed by atoms with Crippen molar-refractivity contribution < 1.29 is 10.2 Å². The van der Waals surface area contributed by atoms with E-state index >= 15 is 0 Å². The predicted molar refractivity (Wildman–Crippen MR) is 247 cm³/mol. The zero-order valence-electron chi connectivity index (χ0n) is 40.8. The van der Waals surface area contributed by atoms with Crippen LogP contribution in [-0.2, 0) is 0 Å². The summed E-state index contributed by atoms with van der Waals surface area (Å²) in [6.45, 7) is 30.0.